The zero-order valence-electron chi connectivity index (χ0n) is 19.8. The maximum atomic E-state index is 13.2. The van der Waals surface area contributed by atoms with Gasteiger partial charge in [0.25, 0.3) is 11.8 Å². The minimum Gasteiger partial charge on any atom is -0.497 e. The van der Waals surface area contributed by atoms with Crippen LogP contribution < -0.4 is 15.4 Å². The molecule has 1 atom stereocenters. The summed E-state index contributed by atoms with van der Waals surface area (Å²) in [7, 11) is 1.53. The summed E-state index contributed by atoms with van der Waals surface area (Å²) in [5.41, 5.74) is 0.835. The minimum absolute atomic E-state index is 0.126. The lowest BCUT2D eigenvalue weighted by Gasteiger charge is -2.36. The Labute approximate surface area is 199 Å². The summed E-state index contributed by atoms with van der Waals surface area (Å²) >= 11 is 0. The molecule has 34 heavy (non-hydrogen) atoms. The summed E-state index contributed by atoms with van der Waals surface area (Å²) in [5, 5.41) is 5.84. The number of halogens is 1. The molecule has 1 fully saturated rings. The van der Waals surface area contributed by atoms with Crippen molar-refractivity contribution < 1.29 is 23.5 Å². The van der Waals surface area contributed by atoms with E-state index in [1.54, 1.807) is 29.2 Å². The number of nitrogens with zero attached hydrogens (tertiary/aromatic N) is 1. The summed E-state index contributed by atoms with van der Waals surface area (Å²) < 4.78 is 18.4. The van der Waals surface area contributed by atoms with Gasteiger partial charge < -0.3 is 20.3 Å². The van der Waals surface area contributed by atoms with Gasteiger partial charge in [-0.25, -0.2) is 4.39 Å². The Morgan fingerprint density at radius 2 is 1.74 bits per heavy atom. The van der Waals surface area contributed by atoms with Crippen molar-refractivity contribution in [3.8, 4) is 5.75 Å². The van der Waals surface area contributed by atoms with E-state index in [0.29, 0.717) is 49.4 Å². The number of hydrogen-bond donors (Lipinski definition) is 2. The van der Waals surface area contributed by atoms with Crippen LogP contribution in [-0.2, 0) is 4.79 Å². The number of nitrogens with one attached hydrogen (secondary N) is 2. The highest BCUT2D eigenvalue weighted by Gasteiger charge is 2.34. The highest BCUT2D eigenvalue weighted by molar-refractivity contribution is 5.98. The van der Waals surface area contributed by atoms with E-state index in [1.165, 1.54) is 31.4 Å². The maximum absolute atomic E-state index is 13.2. The number of amides is 3. The van der Waals surface area contributed by atoms with Crippen LogP contribution in [0, 0.1) is 17.7 Å². The highest BCUT2D eigenvalue weighted by atomic mass is 19.1. The number of ether oxygens (including phenoxy) is 1. The molecule has 1 saturated heterocycles. The molecule has 7 nitrogen and oxygen atoms in total. The van der Waals surface area contributed by atoms with Crippen LogP contribution >= 0.6 is 0 Å². The van der Waals surface area contributed by atoms with Crippen molar-refractivity contribution in [2.75, 3.05) is 26.7 Å². The Balaban J connectivity index is 1.69. The summed E-state index contributed by atoms with van der Waals surface area (Å²) in [6.45, 7) is 5.41. The Kier molecular flexibility index (Phi) is 8.62. The molecule has 182 valence electrons. The van der Waals surface area contributed by atoms with Gasteiger partial charge in [-0.3, -0.25) is 14.4 Å². The van der Waals surface area contributed by atoms with Crippen molar-refractivity contribution in [1.82, 2.24) is 15.5 Å². The van der Waals surface area contributed by atoms with Gasteiger partial charge in [0.15, 0.2) is 0 Å². The predicted molar refractivity (Wildman–Crippen MR) is 127 cm³/mol. The molecule has 0 spiro atoms. The van der Waals surface area contributed by atoms with E-state index >= 15 is 0 Å². The molecule has 3 rings (SSSR count). The number of methoxy groups -OCH3 is 1. The average molecular weight is 470 g/mol. The molecule has 1 aliphatic heterocycles. The van der Waals surface area contributed by atoms with E-state index in [9.17, 15) is 18.8 Å². The normalized spacial score (nSPS) is 15.0. The van der Waals surface area contributed by atoms with Crippen LogP contribution in [0.5, 0.6) is 5.75 Å². The summed E-state index contributed by atoms with van der Waals surface area (Å²) in [5.74, 6) is -0.437. The van der Waals surface area contributed by atoms with Crippen molar-refractivity contribution in [2.24, 2.45) is 11.8 Å². The number of benzene rings is 2. The smallest absolute Gasteiger partial charge is 0.253 e. The van der Waals surface area contributed by atoms with Gasteiger partial charge in [-0.2, -0.15) is 0 Å². The molecule has 2 N–H and O–H groups in total. The van der Waals surface area contributed by atoms with Gasteiger partial charge >= 0.3 is 0 Å². The Bertz CT molecular complexity index is 1000. The molecule has 0 saturated carbocycles. The van der Waals surface area contributed by atoms with E-state index in [1.807, 2.05) is 13.8 Å². The highest BCUT2D eigenvalue weighted by Crippen LogP contribution is 2.23. The molecule has 2 aromatic rings. The van der Waals surface area contributed by atoms with Gasteiger partial charge in [-0.1, -0.05) is 19.9 Å². The van der Waals surface area contributed by atoms with Gasteiger partial charge in [0.2, 0.25) is 5.91 Å². The Hall–Kier alpha value is -3.42. The molecule has 2 aromatic carbocycles. The standard InChI is InChI=1S/C26H32FN3O4/c1-17(2)16-28-25(32)23(29-24(31)20-5-4-6-22(15-20)34-3)18-11-13-30(14-12-18)26(33)19-7-9-21(27)10-8-19/h4-10,15,17-18,23H,11-14,16H2,1-3H3,(H,28,32)(H,29,31)/t23-/m0/s1. The van der Waals surface area contributed by atoms with Gasteiger partial charge in [0, 0.05) is 30.8 Å². The number of piperidine rings is 1. The SMILES string of the molecule is COc1cccc(C(=O)N[C@H](C(=O)NCC(C)C)C2CCN(C(=O)c3ccc(F)cc3)CC2)c1. The van der Waals surface area contributed by atoms with Crippen molar-refractivity contribution in [1.29, 1.82) is 0 Å². The molecule has 0 radical (unpaired) electrons. The largest absolute Gasteiger partial charge is 0.497 e. The summed E-state index contributed by atoms with van der Waals surface area (Å²) in [4.78, 5) is 40.5. The third-order valence-corrected chi connectivity index (χ3v) is 5.97. The first-order valence-electron chi connectivity index (χ1n) is 11.6. The van der Waals surface area contributed by atoms with Crippen LogP contribution in [0.2, 0.25) is 0 Å². The van der Waals surface area contributed by atoms with Gasteiger partial charge in [-0.15, -0.1) is 0 Å². The Morgan fingerprint density at radius 3 is 2.35 bits per heavy atom. The third kappa shape index (κ3) is 6.56. The number of carbonyl (C=O) groups is 3. The number of rotatable bonds is 8. The maximum Gasteiger partial charge on any atom is 0.253 e. The first kappa shape index (κ1) is 25.2. The molecule has 1 aliphatic rings. The molecule has 0 aromatic heterocycles. The topological polar surface area (TPSA) is 87.7 Å². The fraction of sp³-hybridized carbons (Fsp3) is 0.423. The number of carbonyl (C=O) groups excluding carboxylic acids is 3. The van der Waals surface area contributed by atoms with Crippen molar-refractivity contribution in [3.05, 3.63) is 65.5 Å². The van der Waals surface area contributed by atoms with E-state index in [-0.39, 0.29) is 29.6 Å². The van der Waals surface area contributed by atoms with E-state index in [4.69, 9.17) is 4.74 Å². The van der Waals surface area contributed by atoms with Crippen molar-refractivity contribution in [3.63, 3.8) is 0 Å². The summed E-state index contributed by atoms with van der Waals surface area (Å²) in [6, 6.07) is 11.5. The van der Waals surface area contributed by atoms with E-state index < -0.39 is 11.9 Å². The third-order valence-electron chi connectivity index (χ3n) is 5.97. The van der Waals surface area contributed by atoms with Crippen molar-refractivity contribution >= 4 is 17.7 Å². The first-order chi connectivity index (χ1) is 16.3. The second-order valence-electron chi connectivity index (χ2n) is 8.96. The molecule has 1 heterocycles. The molecule has 0 unspecified atom stereocenters. The average Bonchev–Trinajstić information content (AvgIpc) is 2.86. The second-order valence-corrected chi connectivity index (χ2v) is 8.96. The lowest BCUT2D eigenvalue weighted by molar-refractivity contribution is -0.124. The minimum atomic E-state index is -0.722. The zero-order chi connectivity index (χ0) is 24.7. The molecule has 3 amide bonds. The Morgan fingerprint density at radius 1 is 1.06 bits per heavy atom. The lowest BCUT2D eigenvalue weighted by atomic mass is 9.88. The van der Waals surface area contributed by atoms with E-state index in [2.05, 4.69) is 10.6 Å². The molecular formula is C26H32FN3O4. The quantitative estimate of drug-likeness (QED) is 0.621. The van der Waals surface area contributed by atoms with Crippen LogP contribution in [0.15, 0.2) is 48.5 Å². The van der Waals surface area contributed by atoms with Gasteiger partial charge in [-0.05, 0) is 67.1 Å². The van der Waals surface area contributed by atoms with Crippen LogP contribution in [-0.4, -0.2) is 55.4 Å². The first-order valence-corrected chi connectivity index (χ1v) is 11.6. The van der Waals surface area contributed by atoms with Crippen LogP contribution in [0.3, 0.4) is 0 Å². The van der Waals surface area contributed by atoms with Gasteiger partial charge in [0.05, 0.1) is 7.11 Å². The number of hydrogen-bond acceptors (Lipinski definition) is 4. The van der Waals surface area contributed by atoms with Crippen LogP contribution in [0.1, 0.15) is 47.4 Å². The van der Waals surface area contributed by atoms with Crippen LogP contribution in [0.4, 0.5) is 4.39 Å². The predicted octanol–water partition coefficient (Wildman–Crippen LogP) is 3.26. The second kappa shape index (κ2) is 11.6. The molecule has 0 bridgehead atoms. The zero-order valence-corrected chi connectivity index (χ0v) is 19.8. The van der Waals surface area contributed by atoms with Crippen molar-refractivity contribution in [2.45, 2.75) is 32.7 Å². The van der Waals surface area contributed by atoms with E-state index in [0.717, 1.165) is 0 Å². The summed E-state index contributed by atoms with van der Waals surface area (Å²) in [6.07, 6.45) is 1.12. The molecule has 0 aliphatic carbocycles. The monoisotopic (exact) mass is 469 g/mol. The molecule has 8 heteroatoms. The lowest BCUT2D eigenvalue weighted by Crippen LogP contribution is -2.54. The van der Waals surface area contributed by atoms with Gasteiger partial charge in [0.1, 0.15) is 17.6 Å². The fourth-order valence-corrected chi connectivity index (χ4v) is 4.01. The number of likely N-dealkylation sites (tertiary alicyclic amines) is 1. The fourth-order valence-electron chi connectivity index (χ4n) is 4.01. The van der Waals surface area contributed by atoms with Crippen LogP contribution in [0.25, 0.3) is 0 Å². The molecular weight excluding hydrogens is 437 g/mol.